The molecule has 2 saturated heterocycles. The van der Waals surface area contributed by atoms with E-state index in [9.17, 15) is 29.4 Å². The number of carbonyl (C=O) groups is 4. The van der Waals surface area contributed by atoms with Crippen molar-refractivity contribution in [1.29, 1.82) is 0 Å². The van der Waals surface area contributed by atoms with Gasteiger partial charge in [-0.15, -0.1) is 0 Å². The van der Waals surface area contributed by atoms with E-state index in [0.29, 0.717) is 76.5 Å². The van der Waals surface area contributed by atoms with Gasteiger partial charge in [0.25, 0.3) is 11.8 Å². The summed E-state index contributed by atoms with van der Waals surface area (Å²) >= 11 is 0. The molecule has 8 aliphatic rings. The Hall–Kier alpha value is -6.00. The number of likely N-dealkylation sites (N-methyl/N-ethyl adjacent to an activating group) is 1. The van der Waals surface area contributed by atoms with Crippen molar-refractivity contribution in [2.45, 2.75) is 183 Å². The molecule has 0 unspecified atom stereocenters. The van der Waals surface area contributed by atoms with Crippen LogP contribution < -0.4 is 37.2 Å². The van der Waals surface area contributed by atoms with Gasteiger partial charge >= 0.3 is 0 Å². The normalized spacial score (nSPS) is 28.7. The summed E-state index contributed by atoms with van der Waals surface area (Å²) in [4.78, 5) is 75.6. The highest BCUT2D eigenvalue weighted by molar-refractivity contribution is 5.98. The van der Waals surface area contributed by atoms with E-state index in [0.717, 1.165) is 81.7 Å². The molecule has 4 bridgehead atoms. The Morgan fingerprint density at radius 1 is 0.608 bits per heavy atom. The lowest BCUT2D eigenvalue weighted by molar-refractivity contribution is -0.176. The van der Waals surface area contributed by atoms with Crippen LogP contribution in [0.5, 0.6) is 0 Å². The number of anilines is 2. The van der Waals surface area contributed by atoms with Crippen molar-refractivity contribution in [2.75, 3.05) is 85.8 Å². The summed E-state index contributed by atoms with van der Waals surface area (Å²) in [5.74, 6) is 2.38. The average Bonchev–Trinajstić information content (AvgIpc) is 1.46. The Morgan fingerprint density at radius 3 is 1.37 bits per heavy atom. The first kappa shape index (κ1) is 75.2. The molecule has 8 fully saturated rings. The maximum absolute atomic E-state index is 14.3. The lowest BCUT2D eigenvalue weighted by Crippen LogP contribution is -2.62. The van der Waals surface area contributed by atoms with E-state index in [1.54, 1.807) is 43.0 Å². The molecule has 2 aliphatic heterocycles. The second-order valence-electron chi connectivity index (χ2n) is 32.3. The van der Waals surface area contributed by atoms with Crippen LogP contribution in [-0.2, 0) is 32.4 Å². The Kier molecular flexibility index (Phi) is 23.6. The largest absolute Gasteiger partial charge is 0.393 e. The molecule has 4 aromatic rings. The van der Waals surface area contributed by atoms with E-state index in [1.807, 2.05) is 94.6 Å². The minimum Gasteiger partial charge on any atom is -0.393 e. The van der Waals surface area contributed by atoms with Gasteiger partial charge in [0.05, 0.1) is 37.5 Å². The molecule has 17 atom stereocenters. The lowest BCUT2D eigenvalue weighted by Gasteiger charge is -2.62. The van der Waals surface area contributed by atoms with Crippen molar-refractivity contribution < 1.29 is 39.1 Å². The van der Waals surface area contributed by atoms with Gasteiger partial charge in [-0.3, -0.25) is 28.9 Å². The summed E-state index contributed by atoms with van der Waals surface area (Å²) in [6.07, 6.45) is 2.81. The quantitative estimate of drug-likeness (QED) is 0.0367. The molecule has 2 heterocycles. The molecule has 4 amide bonds. The van der Waals surface area contributed by atoms with Crippen molar-refractivity contribution in [3.63, 3.8) is 0 Å². The number of hydrogen-bond acceptors (Lipinski definition) is 15. The van der Waals surface area contributed by atoms with Gasteiger partial charge in [0.2, 0.25) is 11.8 Å². The van der Waals surface area contributed by atoms with E-state index in [2.05, 4.69) is 120 Å². The average molecular weight is 1340 g/mol. The molecule has 6 aliphatic carbocycles. The molecule has 0 radical (unpaired) electrons. The number of rotatable bonds is 23. The minimum atomic E-state index is -0.783. The number of fused-ring (bicyclic) bond motifs is 4. The number of hydroxylamine groups is 4. The van der Waals surface area contributed by atoms with Crippen molar-refractivity contribution in [3.8, 4) is 22.3 Å². The first-order valence-electron chi connectivity index (χ1n) is 35.8. The number of hydrogen-bond donors (Lipinski definition) is 7. The zero-order valence-corrected chi connectivity index (χ0v) is 62.1. The SMILES string of the molecule is Cc1c(CN2O[C@@H](CN)[C@@H]([C@H](C)O)[C@H]2C(=O)N[C@H]2C[C@H]3C[C@@H]([C@@H]2C)C3(C)C)cccc1-c1cc(C(=O)N(C)C)cc(N(C)C)c1.Cc1c(CN2O[C@@H](CN)[C@@H]([C@H](C)O)[C@H]2C(=O)N[C@H]2C[C@H]3C[C@@H]([C@@H]2C)C3(C)C)cccc1-c1cc(C(=O)N[C@H](CC(C)C)CN(C)C)cc(N(C)C)c1. The van der Waals surface area contributed by atoms with E-state index < -0.39 is 48.3 Å². The molecule has 12 rings (SSSR count). The van der Waals surface area contributed by atoms with Crippen LogP contribution in [-0.4, -0.2) is 184 Å². The topological polar surface area (TPSA) is 235 Å². The van der Waals surface area contributed by atoms with Gasteiger partial charge in [-0.2, -0.15) is 10.1 Å². The molecule has 6 saturated carbocycles. The van der Waals surface area contributed by atoms with Gasteiger partial charge in [-0.1, -0.05) is 91.8 Å². The number of aliphatic hydroxyl groups is 2. The third-order valence-corrected chi connectivity index (χ3v) is 23.9. The Labute approximate surface area is 580 Å². The number of amides is 4. The van der Waals surface area contributed by atoms with E-state index in [1.165, 1.54) is 12.8 Å². The van der Waals surface area contributed by atoms with E-state index in [4.69, 9.17) is 21.1 Å². The molecule has 0 aromatic heterocycles. The van der Waals surface area contributed by atoms with Crippen molar-refractivity contribution in [3.05, 3.63) is 106 Å². The molecule has 19 heteroatoms. The molecule has 97 heavy (non-hydrogen) atoms. The summed E-state index contributed by atoms with van der Waals surface area (Å²) in [6.45, 7) is 27.8. The van der Waals surface area contributed by atoms with Gasteiger partial charge in [0.15, 0.2) is 0 Å². The van der Waals surface area contributed by atoms with Gasteiger partial charge in [0.1, 0.15) is 12.1 Å². The minimum absolute atomic E-state index is 0.0336. The monoisotopic (exact) mass is 1340 g/mol. The molecule has 4 aromatic carbocycles. The van der Waals surface area contributed by atoms with Gasteiger partial charge in [-0.05, 0) is 207 Å². The fourth-order valence-corrected chi connectivity index (χ4v) is 17.7. The van der Waals surface area contributed by atoms with Gasteiger partial charge in [0, 0.05) is 114 Å². The third-order valence-electron chi connectivity index (χ3n) is 23.9. The molecule has 534 valence electrons. The first-order chi connectivity index (χ1) is 45.6. The number of nitrogens with two attached hydrogens (primary N) is 2. The highest BCUT2D eigenvalue weighted by atomic mass is 16.7. The number of nitrogens with one attached hydrogen (secondary N) is 3. The number of aliphatic hydroxyl groups excluding tert-OH is 2. The van der Waals surface area contributed by atoms with Crippen LogP contribution in [0.25, 0.3) is 22.3 Å². The third kappa shape index (κ3) is 15.8. The summed E-state index contributed by atoms with van der Waals surface area (Å²) in [5, 5.41) is 35.5. The van der Waals surface area contributed by atoms with Crippen molar-refractivity contribution >= 4 is 35.0 Å². The maximum atomic E-state index is 14.3. The Bertz CT molecular complexity index is 3430. The number of benzene rings is 4. The second kappa shape index (κ2) is 30.5. The molecule has 0 spiro atoms. The van der Waals surface area contributed by atoms with Gasteiger partial charge in [-0.25, -0.2) is 0 Å². The maximum Gasteiger partial charge on any atom is 0.253 e. The molecular weight excluding hydrogens is 1220 g/mol. The lowest BCUT2D eigenvalue weighted by atomic mass is 9.45. The smallest absolute Gasteiger partial charge is 0.253 e. The highest BCUT2D eigenvalue weighted by Gasteiger charge is 2.59. The standard InChI is InChI=1S/C42H66N6O4.C36H53N5O4/c1-24(2)15-32(23-46(8)9)44-40(50)30-16-29(17-33(18-30)47(10)11)34-14-12-13-28(25(34)3)22-48-39(38(27(5)49)37(21-43)52-48)41(51)45-36-20-31-19-35(26(36)4)42(31,6)7;1-20-23(11-10-12-28(20)24-13-25(35(44)40(8)9)15-27(14-24)39(6)7)19-41-33(32(22(3)42)31(18-37)45-41)34(43)38-30-17-26-16-29(21(30)2)36(26,4)5/h12-14,16-18,24,26-27,31-32,35-39,49H,15,19-23,43H2,1-11H3,(H,44,50)(H,45,51);10-15,21-22,26,29-33,42H,16-19,37H2,1-9H3,(H,38,43)/t26-,27-,31+,32+,35-,36-,37-,38+,39-;21-,22-,26+,29-,30-,31-,32+,33-/m00/s1. The fourth-order valence-electron chi connectivity index (χ4n) is 17.7. The highest BCUT2D eigenvalue weighted by Crippen LogP contribution is 2.62. The van der Waals surface area contributed by atoms with Crippen LogP contribution >= 0.6 is 0 Å². The van der Waals surface area contributed by atoms with E-state index >= 15 is 0 Å². The van der Waals surface area contributed by atoms with Crippen molar-refractivity contribution in [1.82, 2.24) is 35.9 Å². The number of carbonyl (C=O) groups excluding carboxylic acids is 4. The van der Waals surface area contributed by atoms with Crippen LogP contribution in [0.3, 0.4) is 0 Å². The molecule has 9 N–H and O–H groups in total. The van der Waals surface area contributed by atoms with E-state index in [-0.39, 0.29) is 54.8 Å². The van der Waals surface area contributed by atoms with Gasteiger partial charge < -0.3 is 57.2 Å². The van der Waals surface area contributed by atoms with Crippen LogP contribution in [0.2, 0.25) is 0 Å². The van der Waals surface area contributed by atoms with Crippen LogP contribution in [0.1, 0.15) is 144 Å². The zero-order valence-electron chi connectivity index (χ0n) is 62.1. The summed E-state index contributed by atoms with van der Waals surface area (Å²) in [7, 11) is 15.5. The summed E-state index contributed by atoms with van der Waals surface area (Å²) < 4.78 is 0. The predicted molar refractivity (Wildman–Crippen MR) is 388 cm³/mol. The van der Waals surface area contributed by atoms with Crippen LogP contribution in [0.4, 0.5) is 11.4 Å². The Balaban J connectivity index is 0.000000230. The summed E-state index contributed by atoms with van der Waals surface area (Å²) in [5.41, 5.74) is 24.0. The predicted octanol–water partition coefficient (Wildman–Crippen LogP) is 9.12. The fraction of sp³-hybridized carbons (Fsp3) is 0.641. The molecule has 19 nitrogen and oxygen atoms in total. The Morgan fingerprint density at radius 2 is 1.02 bits per heavy atom. The second-order valence-corrected chi connectivity index (χ2v) is 32.3. The summed E-state index contributed by atoms with van der Waals surface area (Å²) in [6, 6.07) is 23.1. The first-order valence-corrected chi connectivity index (χ1v) is 35.8. The number of nitrogens with zero attached hydrogens (tertiary/aromatic N) is 6. The molecular formula is C78H119N11O8. The van der Waals surface area contributed by atoms with Crippen LogP contribution in [0, 0.1) is 77.9 Å². The van der Waals surface area contributed by atoms with Crippen molar-refractivity contribution in [2.24, 2.45) is 75.6 Å². The van der Waals surface area contributed by atoms with Crippen LogP contribution in [0.15, 0.2) is 72.8 Å². The zero-order chi connectivity index (χ0) is 71.2.